The zero-order valence-electron chi connectivity index (χ0n) is 14.7. The van der Waals surface area contributed by atoms with Crippen molar-refractivity contribution >= 4 is 10.0 Å². The van der Waals surface area contributed by atoms with Crippen LogP contribution in [0.2, 0.25) is 0 Å². The molecule has 1 aliphatic carbocycles. The molecule has 0 heterocycles. The van der Waals surface area contributed by atoms with Gasteiger partial charge in [-0.1, -0.05) is 12.1 Å². The van der Waals surface area contributed by atoms with E-state index in [-0.39, 0.29) is 22.1 Å². The molecule has 0 aromatic heterocycles. The van der Waals surface area contributed by atoms with Crippen LogP contribution in [0.3, 0.4) is 0 Å². The second kappa shape index (κ2) is 7.26. The van der Waals surface area contributed by atoms with Crippen LogP contribution in [0, 0.1) is 17.5 Å². The van der Waals surface area contributed by atoms with Crippen molar-refractivity contribution in [2.45, 2.75) is 49.1 Å². The fraction of sp³-hybridized carbons (Fsp3) is 0.368. The van der Waals surface area contributed by atoms with Crippen LogP contribution < -0.4 is 4.72 Å². The van der Waals surface area contributed by atoms with Gasteiger partial charge in [0.05, 0.1) is 10.5 Å². The summed E-state index contributed by atoms with van der Waals surface area (Å²) in [6, 6.07) is 6.19. The van der Waals surface area contributed by atoms with Crippen molar-refractivity contribution in [1.82, 2.24) is 4.72 Å². The molecular weight excluding hydrogens is 379 g/mol. The molecule has 2 aromatic rings. The summed E-state index contributed by atoms with van der Waals surface area (Å²) in [5.74, 6) is -3.40. The second-order valence-corrected chi connectivity index (χ2v) is 8.88. The predicted molar refractivity (Wildman–Crippen MR) is 95.0 cm³/mol. The van der Waals surface area contributed by atoms with Gasteiger partial charge < -0.3 is 5.11 Å². The van der Waals surface area contributed by atoms with Crippen LogP contribution in [-0.2, 0) is 10.0 Å². The van der Waals surface area contributed by atoms with E-state index in [9.17, 15) is 26.7 Å². The molecule has 0 spiro atoms. The van der Waals surface area contributed by atoms with E-state index in [0.717, 1.165) is 6.07 Å². The normalized spacial score (nSPS) is 23.4. The van der Waals surface area contributed by atoms with Gasteiger partial charge in [0.15, 0.2) is 11.6 Å². The summed E-state index contributed by atoms with van der Waals surface area (Å²) in [5, 5.41) is 9.95. The van der Waals surface area contributed by atoms with Crippen molar-refractivity contribution in [3.63, 3.8) is 0 Å². The Kier molecular flexibility index (Phi) is 5.33. The van der Waals surface area contributed by atoms with Gasteiger partial charge in [-0.3, -0.25) is 0 Å². The quantitative estimate of drug-likeness (QED) is 0.770. The number of sulfonamides is 1. The van der Waals surface area contributed by atoms with Crippen LogP contribution in [0.5, 0.6) is 0 Å². The molecule has 0 unspecified atom stereocenters. The van der Waals surface area contributed by atoms with E-state index in [0.29, 0.717) is 31.7 Å². The summed E-state index contributed by atoms with van der Waals surface area (Å²) in [5.41, 5.74) is -0.683. The monoisotopic (exact) mass is 399 g/mol. The standard InChI is InChI=1S/C19H20F3NO3S/c1-19(24)8-6-13(7-9-19)23-27(25,26)14-4-2-12(3-5-14)15-10-17(21)18(22)11-16(15)20/h2-5,10-11,13,23-24H,6-9H2,1H3/t13-,19-. The average molecular weight is 399 g/mol. The first kappa shape index (κ1) is 19.9. The maximum absolute atomic E-state index is 13.9. The summed E-state index contributed by atoms with van der Waals surface area (Å²) >= 11 is 0. The Balaban J connectivity index is 1.78. The van der Waals surface area contributed by atoms with Crippen LogP contribution in [0.4, 0.5) is 13.2 Å². The molecule has 8 heteroatoms. The van der Waals surface area contributed by atoms with E-state index in [1.165, 1.54) is 24.3 Å². The third-order valence-electron chi connectivity index (χ3n) is 4.87. The summed E-state index contributed by atoms with van der Waals surface area (Å²) in [4.78, 5) is -0.00780. The van der Waals surface area contributed by atoms with Gasteiger partial charge in [-0.2, -0.15) is 0 Å². The fourth-order valence-electron chi connectivity index (χ4n) is 3.20. The van der Waals surface area contributed by atoms with E-state index in [4.69, 9.17) is 0 Å². The third-order valence-corrected chi connectivity index (χ3v) is 6.41. The van der Waals surface area contributed by atoms with Gasteiger partial charge in [0, 0.05) is 17.7 Å². The van der Waals surface area contributed by atoms with Crippen LogP contribution in [0.1, 0.15) is 32.6 Å². The van der Waals surface area contributed by atoms with Gasteiger partial charge in [0.25, 0.3) is 0 Å². The molecule has 4 nitrogen and oxygen atoms in total. The molecule has 0 saturated heterocycles. The summed E-state index contributed by atoms with van der Waals surface area (Å²) in [7, 11) is -3.78. The molecule has 0 amide bonds. The van der Waals surface area contributed by atoms with Crippen molar-refractivity contribution in [2.24, 2.45) is 0 Å². The highest BCUT2D eigenvalue weighted by Gasteiger charge is 2.31. The highest BCUT2D eigenvalue weighted by molar-refractivity contribution is 7.89. The molecule has 2 N–H and O–H groups in total. The van der Waals surface area contributed by atoms with Crippen LogP contribution >= 0.6 is 0 Å². The van der Waals surface area contributed by atoms with E-state index in [1.54, 1.807) is 6.92 Å². The van der Waals surface area contributed by atoms with Gasteiger partial charge in [0.1, 0.15) is 5.82 Å². The number of aliphatic hydroxyl groups is 1. The second-order valence-electron chi connectivity index (χ2n) is 7.16. The minimum atomic E-state index is -3.78. The Bertz CT molecular complexity index is 933. The molecular formula is C19H20F3NO3S. The van der Waals surface area contributed by atoms with Crippen molar-refractivity contribution in [2.75, 3.05) is 0 Å². The molecule has 0 aliphatic heterocycles. The van der Waals surface area contributed by atoms with E-state index < -0.39 is 33.1 Å². The Hall–Kier alpha value is -1.90. The Morgan fingerprint density at radius 2 is 1.56 bits per heavy atom. The van der Waals surface area contributed by atoms with Crippen LogP contribution in [-0.4, -0.2) is 25.2 Å². The average Bonchev–Trinajstić information content (AvgIpc) is 2.60. The summed E-state index contributed by atoms with van der Waals surface area (Å²) in [6.45, 7) is 1.73. The van der Waals surface area contributed by atoms with Gasteiger partial charge in [-0.05, 0) is 56.4 Å². The Morgan fingerprint density at radius 3 is 2.15 bits per heavy atom. The molecule has 146 valence electrons. The molecule has 1 fully saturated rings. The van der Waals surface area contributed by atoms with E-state index >= 15 is 0 Å². The van der Waals surface area contributed by atoms with E-state index in [1.807, 2.05) is 0 Å². The van der Waals surface area contributed by atoms with Crippen molar-refractivity contribution in [3.8, 4) is 11.1 Å². The van der Waals surface area contributed by atoms with Gasteiger partial charge in [-0.25, -0.2) is 26.3 Å². The Labute approximate surface area is 156 Å². The molecule has 1 aliphatic rings. The summed E-state index contributed by atoms with van der Waals surface area (Å²) in [6.07, 6.45) is 2.08. The first-order valence-electron chi connectivity index (χ1n) is 8.57. The lowest BCUT2D eigenvalue weighted by Gasteiger charge is -2.33. The lowest BCUT2D eigenvalue weighted by atomic mass is 9.84. The van der Waals surface area contributed by atoms with Crippen LogP contribution in [0.25, 0.3) is 11.1 Å². The SMILES string of the molecule is C[C@]1(O)CC[C@H](NS(=O)(=O)c2ccc(-c3cc(F)c(F)cc3F)cc2)CC1. The lowest BCUT2D eigenvalue weighted by Crippen LogP contribution is -2.42. The molecule has 0 radical (unpaired) electrons. The lowest BCUT2D eigenvalue weighted by molar-refractivity contribution is 0.0163. The molecule has 2 aromatic carbocycles. The zero-order valence-corrected chi connectivity index (χ0v) is 15.5. The summed E-state index contributed by atoms with van der Waals surface area (Å²) < 4.78 is 67.9. The van der Waals surface area contributed by atoms with E-state index in [2.05, 4.69) is 4.72 Å². The van der Waals surface area contributed by atoms with Gasteiger partial charge in [0.2, 0.25) is 10.0 Å². The maximum atomic E-state index is 13.9. The van der Waals surface area contributed by atoms with Crippen molar-refractivity contribution < 1.29 is 26.7 Å². The largest absolute Gasteiger partial charge is 0.390 e. The molecule has 0 bridgehead atoms. The number of nitrogens with one attached hydrogen (secondary N) is 1. The highest BCUT2D eigenvalue weighted by atomic mass is 32.2. The first-order chi connectivity index (χ1) is 12.6. The number of hydrogen-bond acceptors (Lipinski definition) is 3. The smallest absolute Gasteiger partial charge is 0.240 e. The molecule has 3 rings (SSSR count). The third kappa shape index (κ3) is 4.51. The van der Waals surface area contributed by atoms with Crippen molar-refractivity contribution in [3.05, 3.63) is 53.8 Å². The van der Waals surface area contributed by atoms with Gasteiger partial charge >= 0.3 is 0 Å². The number of benzene rings is 2. The predicted octanol–water partition coefficient (Wildman–Crippen LogP) is 3.74. The minimum Gasteiger partial charge on any atom is -0.390 e. The molecule has 1 saturated carbocycles. The molecule has 27 heavy (non-hydrogen) atoms. The molecule has 0 atom stereocenters. The van der Waals surface area contributed by atoms with Crippen LogP contribution in [0.15, 0.2) is 41.3 Å². The number of rotatable bonds is 4. The van der Waals surface area contributed by atoms with Gasteiger partial charge in [-0.15, -0.1) is 0 Å². The number of hydrogen-bond donors (Lipinski definition) is 2. The maximum Gasteiger partial charge on any atom is 0.240 e. The topological polar surface area (TPSA) is 66.4 Å². The number of halogens is 3. The fourth-order valence-corrected chi connectivity index (χ4v) is 4.51. The zero-order chi connectivity index (χ0) is 19.8. The first-order valence-corrected chi connectivity index (χ1v) is 10.1. The Morgan fingerprint density at radius 1 is 1.00 bits per heavy atom. The van der Waals surface area contributed by atoms with Crippen molar-refractivity contribution in [1.29, 1.82) is 0 Å². The minimum absolute atomic E-state index is 0.00780. The highest BCUT2D eigenvalue weighted by Crippen LogP contribution is 2.29.